The molecule has 0 heterocycles. The van der Waals surface area contributed by atoms with Gasteiger partial charge in [-0.3, -0.25) is 0 Å². The lowest BCUT2D eigenvalue weighted by Crippen LogP contribution is -2.22. The monoisotopic (exact) mass is 427 g/mol. The van der Waals surface area contributed by atoms with Crippen molar-refractivity contribution in [1.29, 1.82) is 0 Å². The van der Waals surface area contributed by atoms with E-state index >= 15 is 0 Å². The quantitative estimate of drug-likeness (QED) is 0.686. The van der Waals surface area contributed by atoms with E-state index < -0.39 is 5.97 Å². The molecule has 6 heteroatoms. The van der Waals surface area contributed by atoms with Crippen LogP contribution in [0, 0.1) is 3.57 Å². The second-order valence-corrected chi connectivity index (χ2v) is 5.93. The molecular weight excluding hydrogens is 411 g/mol. The van der Waals surface area contributed by atoms with Crippen molar-refractivity contribution in [2.24, 2.45) is 0 Å². The molecule has 23 heavy (non-hydrogen) atoms. The number of rotatable bonds is 7. The van der Waals surface area contributed by atoms with Gasteiger partial charge in [-0.1, -0.05) is 24.3 Å². The Balaban J connectivity index is 2.17. The molecule has 0 unspecified atom stereocenters. The zero-order valence-electron chi connectivity index (χ0n) is 12.5. The SMILES string of the molecule is CCOc1cc(CO)cc(I)c1OCc1ccc(C(=O)[O-])cc1. The van der Waals surface area contributed by atoms with Crippen LogP contribution >= 0.6 is 22.6 Å². The molecule has 0 aliphatic heterocycles. The summed E-state index contributed by atoms with van der Waals surface area (Å²) in [5.74, 6) is -0.0197. The minimum Gasteiger partial charge on any atom is -0.545 e. The van der Waals surface area contributed by atoms with Gasteiger partial charge in [-0.2, -0.15) is 0 Å². The summed E-state index contributed by atoms with van der Waals surface area (Å²) in [7, 11) is 0. The Kier molecular flexibility index (Phi) is 6.23. The number of benzene rings is 2. The molecule has 0 amide bonds. The van der Waals surface area contributed by atoms with Gasteiger partial charge in [0.05, 0.1) is 22.8 Å². The average Bonchev–Trinajstić information content (AvgIpc) is 2.54. The second-order valence-electron chi connectivity index (χ2n) is 4.77. The third-order valence-corrected chi connectivity index (χ3v) is 3.93. The van der Waals surface area contributed by atoms with Gasteiger partial charge in [-0.05, 0) is 58.3 Å². The van der Waals surface area contributed by atoms with Crippen molar-refractivity contribution in [3.8, 4) is 11.5 Å². The number of carbonyl (C=O) groups is 1. The van der Waals surface area contributed by atoms with Gasteiger partial charge >= 0.3 is 0 Å². The Hall–Kier alpha value is -1.80. The third kappa shape index (κ3) is 4.59. The third-order valence-electron chi connectivity index (χ3n) is 3.12. The number of carbonyl (C=O) groups excluding carboxylic acids is 1. The van der Waals surface area contributed by atoms with Crippen molar-refractivity contribution in [2.45, 2.75) is 20.1 Å². The molecule has 0 aliphatic rings. The minimum absolute atomic E-state index is 0.0684. The lowest BCUT2D eigenvalue weighted by Gasteiger charge is -2.15. The molecular formula is C17H16IO5-. The second kappa shape index (κ2) is 8.16. The summed E-state index contributed by atoms with van der Waals surface area (Å²) in [5, 5.41) is 20.0. The molecule has 0 saturated heterocycles. The summed E-state index contributed by atoms with van der Waals surface area (Å²) in [6, 6.07) is 9.91. The molecule has 0 bridgehead atoms. The number of hydrogen-bond acceptors (Lipinski definition) is 5. The first-order valence-electron chi connectivity index (χ1n) is 7.04. The van der Waals surface area contributed by atoms with Crippen molar-refractivity contribution in [1.82, 2.24) is 0 Å². The van der Waals surface area contributed by atoms with E-state index in [0.717, 1.165) is 14.7 Å². The zero-order valence-corrected chi connectivity index (χ0v) is 14.7. The summed E-state index contributed by atoms with van der Waals surface area (Å²) < 4.78 is 12.2. The van der Waals surface area contributed by atoms with Crippen LogP contribution < -0.4 is 14.6 Å². The molecule has 1 N–H and O–H groups in total. The van der Waals surface area contributed by atoms with Crippen molar-refractivity contribution >= 4 is 28.6 Å². The van der Waals surface area contributed by atoms with E-state index in [1.165, 1.54) is 12.1 Å². The molecule has 0 spiro atoms. The van der Waals surface area contributed by atoms with Gasteiger partial charge in [-0.15, -0.1) is 0 Å². The average molecular weight is 427 g/mol. The van der Waals surface area contributed by atoms with Gasteiger partial charge in [0.2, 0.25) is 0 Å². The maximum absolute atomic E-state index is 10.7. The number of aliphatic hydroxyl groups is 1. The van der Waals surface area contributed by atoms with Gasteiger partial charge < -0.3 is 24.5 Å². The summed E-state index contributed by atoms with van der Waals surface area (Å²) >= 11 is 2.13. The number of halogens is 1. The van der Waals surface area contributed by atoms with E-state index in [-0.39, 0.29) is 18.8 Å². The molecule has 0 aliphatic carbocycles. The highest BCUT2D eigenvalue weighted by molar-refractivity contribution is 14.1. The van der Waals surface area contributed by atoms with Gasteiger partial charge in [0.15, 0.2) is 11.5 Å². The van der Waals surface area contributed by atoms with E-state index in [4.69, 9.17) is 9.47 Å². The molecule has 2 aromatic rings. The van der Waals surface area contributed by atoms with Crippen LogP contribution in [-0.4, -0.2) is 17.7 Å². The van der Waals surface area contributed by atoms with Crippen LogP contribution in [0.4, 0.5) is 0 Å². The molecule has 0 radical (unpaired) electrons. The lowest BCUT2D eigenvalue weighted by atomic mass is 10.1. The van der Waals surface area contributed by atoms with Gasteiger partial charge in [0.1, 0.15) is 6.61 Å². The largest absolute Gasteiger partial charge is 0.545 e. The van der Waals surface area contributed by atoms with Crippen molar-refractivity contribution in [3.63, 3.8) is 0 Å². The maximum Gasteiger partial charge on any atom is 0.174 e. The predicted octanol–water partition coefficient (Wildman–Crippen LogP) is 2.12. The van der Waals surface area contributed by atoms with Crippen molar-refractivity contribution in [3.05, 3.63) is 56.7 Å². The highest BCUT2D eigenvalue weighted by Gasteiger charge is 2.12. The Morgan fingerprint density at radius 2 is 1.87 bits per heavy atom. The number of ether oxygens (including phenoxy) is 2. The molecule has 0 saturated carbocycles. The molecule has 0 aromatic heterocycles. The van der Waals surface area contributed by atoms with Crippen LogP contribution in [0.3, 0.4) is 0 Å². The fourth-order valence-electron chi connectivity index (χ4n) is 2.01. The molecule has 0 atom stereocenters. The van der Waals surface area contributed by atoms with Crippen LogP contribution in [0.15, 0.2) is 36.4 Å². The highest BCUT2D eigenvalue weighted by Crippen LogP contribution is 2.34. The molecule has 2 rings (SSSR count). The van der Waals surface area contributed by atoms with Crippen LogP contribution in [0.5, 0.6) is 11.5 Å². The standard InChI is InChI=1S/C17H17IO5/c1-2-22-15-8-12(9-19)7-14(18)16(15)23-10-11-3-5-13(6-4-11)17(20)21/h3-8,19H,2,9-10H2,1H3,(H,20,21)/p-1. The zero-order chi connectivity index (χ0) is 16.8. The van der Waals surface area contributed by atoms with E-state index in [2.05, 4.69) is 22.6 Å². The first kappa shape index (κ1) is 17.6. The summed E-state index contributed by atoms with van der Waals surface area (Å²) in [6.07, 6.45) is 0. The first-order chi connectivity index (χ1) is 11.0. The smallest absolute Gasteiger partial charge is 0.174 e. The molecule has 0 fully saturated rings. The van der Waals surface area contributed by atoms with E-state index in [0.29, 0.717) is 18.1 Å². The topological polar surface area (TPSA) is 78.8 Å². The number of aromatic carboxylic acids is 1. The Morgan fingerprint density at radius 3 is 2.43 bits per heavy atom. The number of hydrogen-bond donors (Lipinski definition) is 1. The molecule has 5 nitrogen and oxygen atoms in total. The number of carboxylic acids is 1. The predicted molar refractivity (Wildman–Crippen MR) is 91.4 cm³/mol. The van der Waals surface area contributed by atoms with Crippen molar-refractivity contribution in [2.75, 3.05) is 6.61 Å². The van der Waals surface area contributed by atoms with Crippen molar-refractivity contribution < 1.29 is 24.5 Å². The Bertz CT molecular complexity index is 682. The first-order valence-corrected chi connectivity index (χ1v) is 8.12. The van der Waals surface area contributed by atoms with E-state index in [1.54, 1.807) is 18.2 Å². The Morgan fingerprint density at radius 1 is 1.17 bits per heavy atom. The van der Waals surface area contributed by atoms with Crippen LogP contribution in [0.1, 0.15) is 28.4 Å². The summed E-state index contributed by atoms with van der Waals surface area (Å²) in [5.41, 5.74) is 1.72. The normalized spacial score (nSPS) is 10.4. The summed E-state index contributed by atoms with van der Waals surface area (Å²) in [4.78, 5) is 10.7. The summed E-state index contributed by atoms with van der Waals surface area (Å²) in [6.45, 7) is 2.57. The fourth-order valence-corrected chi connectivity index (χ4v) is 2.83. The van der Waals surface area contributed by atoms with Gasteiger partial charge in [0.25, 0.3) is 0 Å². The minimum atomic E-state index is -1.20. The van der Waals surface area contributed by atoms with E-state index in [9.17, 15) is 15.0 Å². The van der Waals surface area contributed by atoms with Gasteiger partial charge in [-0.25, -0.2) is 0 Å². The van der Waals surface area contributed by atoms with E-state index in [1.807, 2.05) is 13.0 Å². The maximum atomic E-state index is 10.7. The fraction of sp³-hybridized carbons (Fsp3) is 0.235. The molecule has 2 aromatic carbocycles. The van der Waals surface area contributed by atoms with Crippen LogP contribution in [-0.2, 0) is 13.2 Å². The van der Waals surface area contributed by atoms with Crippen LogP contribution in [0.25, 0.3) is 0 Å². The lowest BCUT2D eigenvalue weighted by molar-refractivity contribution is -0.255. The highest BCUT2D eigenvalue weighted by atomic mass is 127. The Labute approximate surface area is 148 Å². The van der Waals surface area contributed by atoms with Gasteiger partial charge in [0, 0.05) is 0 Å². The number of aliphatic hydroxyl groups excluding tert-OH is 1. The van der Waals surface area contributed by atoms with Crippen LogP contribution in [0.2, 0.25) is 0 Å². The number of carboxylic acid groups (broad SMARTS) is 1. The molecule has 122 valence electrons.